The molecule has 0 fully saturated rings. The second-order valence-electron chi connectivity index (χ2n) is 3.72. The predicted molar refractivity (Wildman–Crippen MR) is 83.0 cm³/mol. The van der Waals surface area contributed by atoms with E-state index in [0.717, 1.165) is 5.56 Å². The first-order chi connectivity index (χ1) is 8.75. The van der Waals surface area contributed by atoms with Crippen LogP contribution >= 0.6 is 12.2 Å². The molecule has 4 nitrogen and oxygen atoms in total. The molecule has 5 heteroatoms. The predicted octanol–water partition coefficient (Wildman–Crippen LogP) is 1.70. The number of rotatable bonds is 3. The summed E-state index contributed by atoms with van der Waals surface area (Å²) in [5, 5.41) is 4.06. The zero-order valence-electron chi connectivity index (χ0n) is 10.2. The van der Waals surface area contributed by atoms with Gasteiger partial charge in [0, 0.05) is 0 Å². The second-order valence-corrected chi connectivity index (χ2v) is 4.16. The standard InChI is InChI=1S/C14H13N3S.H2O/c15-14(18)17-16-10-11-6-8-13(9-7-11)12-4-2-1-3-5-12;/h1-10H,(H3,15,17,18);1H2/b16-10+;. The van der Waals surface area contributed by atoms with Crippen LogP contribution in [0.5, 0.6) is 0 Å². The average molecular weight is 273 g/mol. The smallest absolute Gasteiger partial charge is 0.184 e. The van der Waals surface area contributed by atoms with Crippen molar-refractivity contribution in [1.82, 2.24) is 5.43 Å². The number of nitrogens with zero attached hydrogens (tertiary/aromatic N) is 1. The minimum Gasteiger partial charge on any atom is -0.412 e. The van der Waals surface area contributed by atoms with E-state index in [1.54, 1.807) is 6.21 Å². The molecule has 0 unspecified atom stereocenters. The van der Waals surface area contributed by atoms with Crippen molar-refractivity contribution in [3.63, 3.8) is 0 Å². The lowest BCUT2D eigenvalue weighted by Crippen LogP contribution is -2.23. The first-order valence-corrected chi connectivity index (χ1v) is 5.90. The zero-order chi connectivity index (χ0) is 12.8. The second kappa shape index (κ2) is 7.25. The van der Waals surface area contributed by atoms with Crippen molar-refractivity contribution in [1.29, 1.82) is 0 Å². The molecule has 0 heterocycles. The van der Waals surface area contributed by atoms with Crippen molar-refractivity contribution in [2.75, 3.05) is 0 Å². The molecule has 0 spiro atoms. The Bertz CT molecular complexity index is 553. The van der Waals surface area contributed by atoms with Crippen molar-refractivity contribution in [3.8, 4) is 11.1 Å². The normalized spacial score (nSPS) is 9.89. The molecular weight excluding hydrogens is 258 g/mol. The highest BCUT2D eigenvalue weighted by atomic mass is 32.1. The molecule has 98 valence electrons. The Labute approximate surface area is 117 Å². The summed E-state index contributed by atoms with van der Waals surface area (Å²) in [6.45, 7) is 0. The Morgan fingerprint density at radius 3 is 2.16 bits per heavy atom. The Morgan fingerprint density at radius 1 is 1.00 bits per heavy atom. The molecule has 2 aromatic rings. The minimum atomic E-state index is 0. The third kappa shape index (κ3) is 4.50. The van der Waals surface area contributed by atoms with Crippen LogP contribution in [0.25, 0.3) is 11.1 Å². The molecule has 0 bridgehead atoms. The summed E-state index contributed by atoms with van der Waals surface area (Å²) < 4.78 is 0. The fourth-order valence-corrected chi connectivity index (χ4v) is 1.62. The summed E-state index contributed by atoms with van der Waals surface area (Å²) in [6, 6.07) is 18.3. The highest BCUT2D eigenvalue weighted by molar-refractivity contribution is 7.80. The molecule has 0 amide bonds. The van der Waals surface area contributed by atoms with E-state index in [4.69, 9.17) is 5.73 Å². The van der Waals surface area contributed by atoms with Crippen LogP contribution in [0.15, 0.2) is 59.7 Å². The molecule has 5 N–H and O–H groups in total. The van der Waals surface area contributed by atoms with Crippen molar-refractivity contribution < 1.29 is 5.48 Å². The molecule has 0 aliphatic rings. The van der Waals surface area contributed by atoms with E-state index in [-0.39, 0.29) is 10.6 Å². The van der Waals surface area contributed by atoms with Gasteiger partial charge in [-0.3, -0.25) is 5.43 Å². The molecule has 2 rings (SSSR count). The maximum Gasteiger partial charge on any atom is 0.184 e. The summed E-state index contributed by atoms with van der Waals surface area (Å²) in [7, 11) is 0. The first-order valence-electron chi connectivity index (χ1n) is 5.50. The van der Waals surface area contributed by atoms with Crippen LogP contribution in [0.1, 0.15) is 5.56 Å². The summed E-state index contributed by atoms with van der Waals surface area (Å²) in [5.74, 6) is 0. The van der Waals surface area contributed by atoms with E-state index in [2.05, 4.69) is 47.0 Å². The lowest BCUT2D eigenvalue weighted by atomic mass is 10.0. The number of hydrazone groups is 1. The van der Waals surface area contributed by atoms with Gasteiger partial charge in [-0.1, -0.05) is 54.6 Å². The number of nitrogens with one attached hydrogen (secondary N) is 1. The highest BCUT2D eigenvalue weighted by Gasteiger charge is 1.95. The fraction of sp³-hybridized carbons (Fsp3) is 0. The average Bonchev–Trinajstić information content (AvgIpc) is 2.40. The lowest BCUT2D eigenvalue weighted by molar-refractivity contribution is 0.824. The van der Waals surface area contributed by atoms with E-state index in [0.29, 0.717) is 0 Å². The van der Waals surface area contributed by atoms with Crippen LogP contribution in [-0.2, 0) is 0 Å². The SMILES string of the molecule is NC(=S)N/N=C/c1ccc(-c2ccccc2)cc1.O. The van der Waals surface area contributed by atoms with E-state index >= 15 is 0 Å². The molecule has 0 atom stereocenters. The summed E-state index contributed by atoms with van der Waals surface area (Å²) in [6.07, 6.45) is 1.67. The van der Waals surface area contributed by atoms with Gasteiger partial charge in [0.05, 0.1) is 6.21 Å². The largest absolute Gasteiger partial charge is 0.412 e. The first kappa shape index (κ1) is 14.8. The van der Waals surface area contributed by atoms with Crippen LogP contribution in [0.4, 0.5) is 0 Å². The fourth-order valence-electron chi connectivity index (χ4n) is 1.56. The minimum absolute atomic E-state index is 0. The van der Waals surface area contributed by atoms with Crippen molar-refractivity contribution in [2.45, 2.75) is 0 Å². The van der Waals surface area contributed by atoms with E-state index in [9.17, 15) is 0 Å². The van der Waals surface area contributed by atoms with Crippen LogP contribution in [-0.4, -0.2) is 16.8 Å². The molecule has 0 aromatic heterocycles. The van der Waals surface area contributed by atoms with Gasteiger partial charge in [0.2, 0.25) is 0 Å². The van der Waals surface area contributed by atoms with Gasteiger partial charge < -0.3 is 11.2 Å². The maximum absolute atomic E-state index is 5.26. The Kier molecular flexibility index (Phi) is 5.66. The molecule has 0 saturated heterocycles. The van der Waals surface area contributed by atoms with Gasteiger partial charge in [-0.2, -0.15) is 5.10 Å². The Hall–Kier alpha value is -2.24. The van der Waals surface area contributed by atoms with Gasteiger partial charge in [-0.25, -0.2) is 0 Å². The number of hydrogen-bond donors (Lipinski definition) is 2. The summed E-state index contributed by atoms with van der Waals surface area (Å²) >= 11 is 4.65. The maximum atomic E-state index is 5.26. The van der Waals surface area contributed by atoms with Crippen molar-refractivity contribution in [3.05, 3.63) is 60.2 Å². The zero-order valence-corrected chi connectivity index (χ0v) is 11.0. The Morgan fingerprint density at radius 2 is 1.58 bits per heavy atom. The lowest BCUT2D eigenvalue weighted by Gasteiger charge is -2.01. The Balaban J connectivity index is 0.00000180. The molecule has 0 radical (unpaired) electrons. The van der Waals surface area contributed by atoms with Gasteiger partial charge in [0.15, 0.2) is 5.11 Å². The number of nitrogens with two attached hydrogens (primary N) is 1. The van der Waals surface area contributed by atoms with Gasteiger partial charge in [-0.05, 0) is 28.9 Å². The van der Waals surface area contributed by atoms with Crippen LogP contribution in [0.2, 0.25) is 0 Å². The topological polar surface area (TPSA) is 81.9 Å². The van der Waals surface area contributed by atoms with Gasteiger partial charge in [0.1, 0.15) is 0 Å². The molecular formula is C14H15N3OS. The number of thiocarbonyl (C=S) groups is 1. The molecule has 0 aliphatic heterocycles. The number of hydrogen-bond acceptors (Lipinski definition) is 2. The molecule has 0 saturated carbocycles. The quantitative estimate of drug-likeness (QED) is 0.507. The van der Waals surface area contributed by atoms with Crippen molar-refractivity contribution in [2.24, 2.45) is 10.8 Å². The van der Waals surface area contributed by atoms with E-state index < -0.39 is 0 Å². The summed E-state index contributed by atoms with van der Waals surface area (Å²) in [4.78, 5) is 0. The highest BCUT2D eigenvalue weighted by Crippen LogP contribution is 2.18. The van der Waals surface area contributed by atoms with Crippen molar-refractivity contribution >= 4 is 23.5 Å². The molecule has 2 aromatic carbocycles. The van der Waals surface area contributed by atoms with Crippen LogP contribution < -0.4 is 11.2 Å². The van der Waals surface area contributed by atoms with Crippen LogP contribution in [0.3, 0.4) is 0 Å². The van der Waals surface area contributed by atoms with Crippen LogP contribution in [0, 0.1) is 0 Å². The van der Waals surface area contributed by atoms with E-state index in [1.807, 2.05) is 30.3 Å². The van der Waals surface area contributed by atoms with E-state index in [1.165, 1.54) is 11.1 Å². The monoisotopic (exact) mass is 273 g/mol. The van der Waals surface area contributed by atoms with Gasteiger partial charge >= 0.3 is 0 Å². The van der Waals surface area contributed by atoms with Gasteiger partial charge in [0.25, 0.3) is 0 Å². The molecule has 19 heavy (non-hydrogen) atoms. The third-order valence-electron chi connectivity index (χ3n) is 2.41. The third-order valence-corrected chi connectivity index (χ3v) is 2.50. The van der Waals surface area contributed by atoms with Gasteiger partial charge in [-0.15, -0.1) is 0 Å². The molecule has 0 aliphatic carbocycles. The number of benzene rings is 2. The summed E-state index contributed by atoms with van der Waals surface area (Å²) in [5.41, 5.74) is 11.1.